The lowest BCUT2D eigenvalue weighted by Gasteiger charge is -2.17. The van der Waals surface area contributed by atoms with E-state index in [1.165, 1.54) is 11.3 Å². The summed E-state index contributed by atoms with van der Waals surface area (Å²) in [5, 5.41) is 1.04. The van der Waals surface area contributed by atoms with Crippen molar-refractivity contribution in [2.24, 2.45) is 0 Å². The van der Waals surface area contributed by atoms with Gasteiger partial charge in [-0.2, -0.15) is 0 Å². The minimum atomic E-state index is 0.0245. The minimum absolute atomic E-state index is 0.0245. The second-order valence-corrected chi connectivity index (χ2v) is 4.98. The lowest BCUT2D eigenvalue weighted by Crippen LogP contribution is -2.21. The molecule has 1 aromatic rings. The number of aryl methyl sites for hydroxylation is 1. The van der Waals surface area contributed by atoms with Gasteiger partial charge < -0.3 is 4.74 Å². The zero-order chi connectivity index (χ0) is 10.2. The van der Waals surface area contributed by atoms with Gasteiger partial charge in [-0.3, -0.25) is 4.79 Å². The molecule has 3 nitrogen and oxygen atoms in total. The van der Waals surface area contributed by atoms with Crippen LogP contribution in [0.3, 0.4) is 0 Å². The van der Waals surface area contributed by atoms with Crippen molar-refractivity contribution < 1.29 is 9.53 Å². The number of carbonyl (C=O) groups excluding carboxylic acids is 1. The molecule has 4 heteroatoms. The molecule has 0 spiro atoms. The number of aromatic nitrogens is 1. The van der Waals surface area contributed by atoms with E-state index in [0.717, 1.165) is 41.5 Å². The fourth-order valence-corrected chi connectivity index (χ4v) is 2.65. The third-order valence-corrected chi connectivity index (χ3v) is 4.06. The Hall–Kier alpha value is -0.740. The van der Waals surface area contributed by atoms with Gasteiger partial charge in [0.1, 0.15) is 5.01 Å². The number of hydrogen-bond acceptors (Lipinski definition) is 4. The molecule has 1 fully saturated rings. The molecule has 1 unspecified atom stereocenters. The third kappa shape index (κ3) is 1.48. The van der Waals surface area contributed by atoms with Gasteiger partial charge in [-0.15, -0.1) is 11.3 Å². The highest BCUT2D eigenvalue weighted by Crippen LogP contribution is 2.35. The lowest BCUT2D eigenvalue weighted by molar-refractivity contribution is 0.112. The van der Waals surface area contributed by atoms with Gasteiger partial charge >= 0.3 is 0 Å². The molecule has 1 aliphatic heterocycles. The predicted octanol–water partition coefficient (Wildman–Crippen LogP) is 1.94. The van der Waals surface area contributed by atoms with Crippen LogP contribution in [0, 0.1) is 6.92 Å². The van der Waals surface area contributed by atoms with Crippen molar-refractivity contribution in [3.63, 3.8) is 0 Å². The van der Waals surface area contributed by atoms with E-state index in [4.69, 9.17) is 4.74 Å². The highest BCUT2D eigenvalue weighted by atomic mass is 32.1. The van der Waals surface area contributed by atoms with Gasteiger partial charge in [0.2, 0.25) is 0 Å². The summed E-state index contributed by atoms with van der Waals surface area (Å²) in [6, 6.07) is 0. The van der Waals surface area contributed by atoms with Crippen molar-refractivity contribution in [1.29, 1.82) is 0 Å². The predicted molar refractivity (Wildman–Crippen MR) is 55.0 cm³/mol. The van der Waals surface area contributed by atoms with Crippen molar-refractivity contribution >= 4 is 17.6 Å². The van der Waals surface area contributed by atoms with Gasteiger partial charge in [0.05, 0.1) is 17.2 Å². The summed E-state index contributed by atoms with van der Waals surface area (Å²) in [5.74, 6) is 0. The van der Waals surface area contributed by atoms with Crippen LogP contribution in [0.1, 0.15) is 33.7 Å². The van der Waals surface area contributed by atoms with Gasteiger partial charge in [0.15, 0.2) is 6.29 Å². The Bertz CT molecular complexity index is 353. The largest absolute Gasteiger partial charge is 0.380 e. The quantitative estimate of drug-likeness (QED) is 0.702. The maximum atomic E-state index is 10.7. The molecule has 0 amide bonds. The summed E-state index contributed by atoms with van der Waals surface area (Å²) in [6.07, 6.45) is 1.88. The van der Waals surface area contributed by atoms with Crippen LogP contribution in [0.4, 0.5) is 0 Å². The molecule has 0 bridgehead atoms. The summed E-state index contributed by atoms with van der Waals surface area (Å²) in [6.45, 7) is 5.54. The Morgan fingerprint density at radius 3 is 2.93 bits per heavy atom. The zero-order valence-corrected chi connectivity index (χ0v) is 9.19. The highest BCUT2D eigenvalue weighted by molar-refractivity contribution is 7.13. The molecule has 2 rings (SSSR count). The number of aldehydes is 1. The van der Waals surface area contributed by atoms with Gasteiger partial charge in [-0.05, 0) is 13.3 Å². The van der Waals surface area contributed by atoms with Crippen molar-refractivity contribution in [3.8, 4) is 0 Å². The van der Waals surface area contributed by atoms with Gasteiger partial charge in [-0.1, -0.05) is 6.92 Å². The molecule has 0 radical (unpaired) electrons. The van der Waals surface area contributed by atoms with Gasteiger partial charge in [-0.25, -0.2) is 4.98 Å². The fraction of sp³-hybridized carbons (Fsp3) is 0.600. The smallest absolute Gasteiger partial charge is 0.161 e. The number of hydrogen-bond donors (Lipinski definition) is 0. The van der Waals surface area contributed by atoms with Crippen molar-refractivity contribution in [2.75, 3.05) is 13.2 Å². The normalized spacial score (nSPS) is 26.7. The van der Waals surface area contributed by atoms with Gasteiger partial charge in [0, 0.05) is 12.0 Å². The summed E-state index contributed by atoms with van der Waals surface area (Å²) in [7, 11) is 0. The summed E-state index contributed by atoms with van der Waals surface area (Å²) in [5.41, 5.74) is 0.865. The van der Waals surface area contributed by atoms with Crippen LogP contribution >= 0.6 is 11.3 Å². The number of rotatable bonds is 2. The lowest BCUT2D eigenvalue weighted by atomic mass is 9.91. The molecular formula is C10H13NO2S. The van der Waals surface area contributed by atoms with Crippen LogP contribution in [-0.4, -0.2) is 24.5 Å². The van der Waals surface area contributed by atoms with Crippen LogP contribution in [0.5, 0.6) is 0 Å². The van der Waals surface area contributed by atoms with E-state index >= 15 is 0 Å². The first-order valence-corrected chi connectivity index (χ1v) is 5.48. The number of ether oxygens (including phenoxy) is 1. The van der Waals surface area contributed by atoms with E-state index < -0.39 is 0 Å². The van der Waals surface area contributed by atoms with E-state index in [9.17, 15) is 4.79 Å². The van der Waals surface area contributed by atoms with Crippen molar-refractivity contribution in [1.82, 2.24) is 4.98 Å². The third-order valence-electron chi connectivity index (χ3n) is 2.67. The Morgan fingerprint density at radius 2 is 2.43 bits per heavy atom. The Morgan fingerprint density at radius 1 is 1.64 bits per heavy atom. The standard InChI is InChI=1S/C10H13NO2S/c1-7-8(5-12)14-9(11-7)10(2)3-4-13-6-10/h5H,3-4,6H2,1-2H3. The number of nitrogens with zero attached hydrogens (tertiary/aromatic N) is 1. The second-order valence-electron chi connectivity index (χ2n) is 3.95. The zero-order valence-electron chi connectivity index (χ0n) is 8.37. The molecule has 2 heterocycles. The van der Waals surface area contributed by atoms with Crippen LogP contribution in [0.25, 0.3) is 0 Å². The van der Waals surface area contributed by atoms with E-state index in [2.05, 4.69) is 11.9 Å². The van der Waals surface area contributed by atoms with Crippen molar-refractivity contribution in [3.05, 3.63) is 15.6 Å². The second kappa shape index (κ2) is 3.44. The number of carbonyl (C=O) groups is 1. The molecule has 14 heavy (non-hydrogen) atoms. The fourth-order valence-electron chi connectivity index (χ4n) is 1.61. The first kappa shape index (κ1) is 9.80. The maximum Gasteiger partial charge on any atom is 0.161 e. The van der Waals surface area contributed by atoms with Crippen LogP contribution in [-0.2, 0) is 10.2 Å². The first-order chi connectivity index (χ1) is 6.65. The van der Waals surface area contributed by atoms with Crippen LogP contribution < -0.4 is 0 Å². The minimum Gasteiger partial charge on any atom is -0.380 e. The summed E-state index contributed by atoms with van der Waals surface area (Å²) >= 11 is 1.50. The maximum absolute atomic E-state index is 10.7. The van der Waals surface area contributed by atoms with E-state index in [1.807, 2.05) is 6.92 Å². The van der Waals surface area contributed by atoms with Gasteiger partial charge in [0.25, 0.3) is 0 Å². The van der Waals surface area contributed by atoms with E-state index in [0.29, 0.717) is 0 Å². The average Bonchev–Trinajstić information content (AvgIpc) is 2.73. The molecule has 0 aliphatic carbocycles. The summed E-state index contributed by atoms with van der Waals surface area (Å²) < 4.78 is 5.38. The molecule has 0 N–H and O–H groups in total. The molecule has 0 saturated carbocycles. The topological polar surface area (TPSA) is 39.2 Å². The SMILES string of the molecule is Cc1nc(C2(C)CCOC2)sc1C=O. The molecule has 1 atom stereocenters. The first-order valence-electron chi connectivity index (χ1n) is 4.66. The Labute approximate surface area is 87.1 Å². The van der Waals surface area contributed by atoms with Crippen LogP contribution in [0.2, 0.25) is 0 Å². The molecule has 0 aromatic carbocycles. The molecule has 76 valence electrons. The molecular weight excluding hydrogens is 198 g/mol. The summed E-state index contributed by atoms with van der Waals surface area (Å²) in [4.78, 5) is 15.9. The number of thiazole rings is 1. The monoisotopic (exact) mass is 211 g/mol. The molecule has 1 aromatic heterocycles. The van der Waals surface area contributed by atoms with E-state index in [-0.39, 0.29) is 5.41 Å². The van der Waals surface area contributed by atoms with Crippen LogP contribution in [0.15, 0.2) is 0 Å². The van der Waals surface area contributed by atoms with E-state index in [1.54, 1.807) is 0 Å². The molecule has 1 saturated heterocycles. The molecule has 1 aliphatic rings. The average molecular weight is 211 g/mol. The Kier molecular flexibility index (Phi) is 2.41. The Balaban J connectivity index is 2.36. The van der Waals surface area contributed by atoms with Crippen molar-refractivity contribution in [2.45, 2.75) is 25.7 Å². The highest BCUT2D eigenvalue weighted by Gasteiger charge is 2.35.